The van der Waals surface area contributed by atoms with Crippen molar-refractivity contribution in [3.05, 3.63) is 70.4 Å². The molecule has 126 valence electrons. The van der Waals surface area contributed by atoms with Gasteiger partial charge in [-0.15, -0.1) is 0 Å². The van der Waals surface area contributed by atoms with E-state index in [-0.39, 0.29) is 11.3 Å². The van der Waals surface area contributed by atoms with Crippen LogP contribution in [0.2, 0.25) is 5.02 Å². The molecule has 0 amide bonds. The maximum atomic E-state index is 6.17. The van der Waals surface area contributed by atoms with Crippen LogP contribution in [-0.4, -0.2) is 11.5 Å². The number of nitrogens with two attached hydrogens (primary N) is 1. The molecule has 0 radical (unpaired) electrons. The standard InChI is InChI=1S/C21H25ClN2/c1-21(2,3)16-6-4-14(5-7-16)10-15(12-23)19-13-24-20-9-8-17(22)11-18(19)20/h4-9,11,13,15,24H,10,12,23H2,1-3H3. The first-order chi connectivity index (χ1) is 11.4. The van der Waals surface area contributed by atoms with Crippen molar-refractivity contribution in [3.63, 3.8) is 0 Å². The molecule has 1 atom stereocenters. The van der Waals surface area contributed by atoms with Gasteiger partial charge in [-0.1, -0.05) is 56.6 Å². The summed E-state index contributed by atoms with van der Waals surface area (Å²) in [6.07, 6.45) is 3.00. The van der Waals surface area contributed by atoms with Crippen molar-refractivity contribution in [2.75, 3.05) is 6.54 Å². The first kappa shape index (κ1) is 17.1. The lowest BCUT2D eigenvalue weighted by atomic mass is 9.85. The highest BCUT2D eigenvalue weighted by Gasteiger charge is 2.17. The highest BCUT2D eigenvalue weighted by molar-refractivity contribution is 6.31. The second kappa shape index (κ2) is 6.62. The molecule has 0 spiro atoms. The Hall–Kier alpha value is -1.77. The number of aromatic amines is 1. The van der Waals surface area contributed by atoms with E-state index in [1.54, 1.807) is 0 Å². The van der Waals surface area contributed by atoms with Gasteiger partial charge in [-0.2, -0.15) is 0 Å². The predicted molar refractivity (Wildman–Crippen MR) is 104 cm³/mol. The Labute approximate surface area is 149 Å². The number of halogens is 1. The lowest BCUT2D eigenvalue weighted by molar-refractivity contribution is 0.589. The van der Waals surface area contributed by atoms with E-state index < -0.39 is 0 Å². The average molecular weight is 341 g/mol. The Morgan fingerprint density at radius 2 is 1.79 bits per heavy atom. The minimum Gasteiger partial charge on any atom is -0.361 e. The van der Waals surface area contributed by atoms with Gasteiger partial charge >= 0.3 is 0 Å². The van der Waals surface area contributed by atoms with Crippen LogP contribution < -0.4 is 5.73 Å². The first-order valence-electron chi connectivity index (χ1n) is 8.44. The third-order valence-corrected chi connectivity index (χ3v) is 4.94. The zero-order chi connectivity index (χ0) is 17.3. The smallest absolute Gasteiger partial charge is 0.0457 e. The number of rotatable bonds is 4. The number of hydrogen-bond donors (Lipinski definition) is 2. The number of H-pyrrole nitrogens is 1. The normalized spacial score (nSPS) is 13.4. The number of aromatic nitrogens is 1. The number of hydrogen-bond acceptors (Lipinski definition) is 1. The summed E-state index contributed by atoms with van der Waals surface area (Å²) in [6, 6.07) is 14.9. The summed E-state index contributed by atoms with van der Waals surface area (Å²) in [5.74, 6) is 0.276. The third kappa shape index (κ3) is 3.50. The molecule has 1 unspecified atom stereocenters. The number of benzene rings is 2. The van der Waals surface area contributed by atoms with E-state index in [4.69, 9.17) is 17.3 Å². The van der Waals surface area contributed by atoms with E-state index in [0.29, 0.717) is 6.54 Å². The molecule has 0 saturated carbocycles. The van der Waals surface area contributed by atoms with Gasteiger partial charge in [0.2, 0.25) is 0 Å². The largest absolute Gasteiger partial charge is 0.361 e. The molecular weight excluding hydrogens is 316 g/mol. The quantitative estimate of drug-likeness (QED) is 0.655. The van der Waals surface area contributed by atoms with Crippen LogP contribution in [0.5, 0.6) is 0 Å². The maximum absolute atomic E-state index is 6.17. The molecule has 0 fully saturated rings. The molecule has 0 aliphatic rings. The second-order valence-electron chi connectivity index (χ2n) is 7.52. The molecule has 0 saturated heterocycles. The van der Waals surface area contributed by atoms with Crippen molar-refractivity contribution in [3.8, 4) is 0 Å². The Morgan fingerprint density at radius 1 is 1.08 bits per heavy atom. The van der Waals surface area contributed by atoms with Crippen LogP contribution in [0, 0.1) is 0 Å². The number of nitrogens with one attached hydrogen (secondary N) is 1. The van der Waals surface area contributed by atoms with E-state index in [1.807, 2.05) is 18.2 Å². The van der Waals surface area contributed by atoms with Crippen LogP contribution in [0.1, 0.15) is 43.4 Å². The van der Waals surface area contributed by atoms with E-state index >= 15 is 0 Å². The van der Waals surface area contributed by atoms with Crippen molar-refractivity contribution < 1.29 is 0 Å². The van der Waals surface area contributed by atoms with Crippen molar-refractivity contribution in [1.82, 2.24) is 4.98 Å². The molecule has 24 heavy (non-hydrogen) atoms. The summed E-state index contributed by atoms with van der Waals surface area (Å²) >= 11 is 6.17. The van der Waals surface area contributed by atoms with E-state index in [9.17, 15) is 0 Å². The maximum Gasteiger partial charge on any atom is 0.0457 e. The Kier molecular flexibility index (Phi) is 4.71. The predicted octanol–water partition coefficient (Wildman–Crippen LogP) is 5.40. The van der Waals surface area contributed by atoms with Crippen molar-refractivity contribution >= 4 is 22.5 Å². The van der Waals surface area contributed by atoms with Gasteiger partial charge in [0.05, 0.1) is 0 Å². The van der Waals surface area contributed by atoms with Crippen molar-refractivity contribution in [1.29, 1.82) is 0 Å². The summed E-state index contributed by atoms with van der Waals surface area (Å²) in [5, 5.41) is 1.93. The summed E-state index contributed by atoms with van der Waals surface area (Å²) < 4.78 is 0. The van der Waals surface area contributed by atoms with Gasteiger partial charge in [0, 0.05) is 28.0 Å². The zero-order valence-electron chi connectivity index (χ0n) is 14.6. The van der Waals surface area contributed by atoms with Gasteiger partial charge in [0.1, 0.15) is 0 Å². The third-order valence-electron chi connectivity index (χ3n) is 4.70. The lowest BCUT2D eigenvalue weighted by Gasteiger charge is -2.20. The highest BCUT2D eigenvalue weighted by Crippen LogP contribution is 2.30. The van der Waals surface area contributed by atoms with Gasteiger partial charge in [0.25, 0.3) is 0 Å². The summed E-state index contributed by atoms with van der Waals surface area (Å²) in [5.41, 5.74) is 11.3. The second-order valence-corrected chi connectivity index (χ2v) is 7.95. The molecular formula is C21H25ClN2. The Morgan fingerprint density at radius 3 is 2.42 bits per heavy atom. The van der Waals surface area contributed by atoms with Crippen LogP contribution in [-0.2, 0) is 11.8 Å². The van der Waals surface area contributed by atoms with E-state index in [1.165, 1.54) is 22.1 Å². The molecule has 1 aromatic heterocycles. The molecule has 3 heteroatoms. The van der Waals surface area contributed by atoms with Crippen LogP contribution >= 0.6 is 11.6 Å². The van der Waals surface area contributed by atoms with Gasteiger partial charge in [-0.3, -0.25) is 0 Å². The van der Waals surface area contributed by atoms with Crippen molar-refractivity contribution in [2.24, 2.45) is 5.73 Å². The van der Waals surface area contributed by atoms with Gasteiger partial charge < -0.3 is 10.7 Å². The fourth-order valence-corrected chi connectivity index (χ4v) is 3.37. The first-order valence-corrected chi connectivity index (χ1v) is 8.82. The minimum absolute atomic E-state index is 0.180. The highest BCUT2D eigenvalue weighted by atomic mass is 35.5. The fraction of sp³-hybridized carbons (Fsp3) is 0.333. The minimum atomic E-state index is 0.180. The summed E-state index contributed by atoms with van der Waals surface area (Å²) in [7, 11) is 0. The van der Waals surface area contributed by atoms with E-state index in [2.05, 4.69) is 56.2 Å². The number of fused-ring (bicyclic) bond motifs is 1. The molecule has 1 heterocycles. The fourth-order valence-electron chi connectivity index (χ4n) is 3.20. The molecule has 2 aromatic carbocycles. The van der Waals surface area contributed by atoms with Crippen molar-refractivity contribution in [2.45, 2.75) is 38.5 Å². The summed E-state index contributed by atoms with van der Waals surface area (Å²) in [4.78, 5) is 3.33. The Bertz CT molecular complexity index is 825. The SMILES string of the molecule is CC(C)(C)c1ccc(CC(CN)c2c[nH]c3ccc(Cl)cc23)cc1. The van der Waals surface area contributed by atoms with Crippen LogP contribution in [0.25, 0.3) is 10.9 Å². The van der Waals surface area contributed by atoms with Gasteiger partial charge in [-0.05, 0) is 53.3 Å². The molecule has 3 N–H and O–H groups in total. The monoisotopic (exact) mass is 340 g/mol. The van der Waals surface area contributed by atoms with Crippen LogP contribution in [0.15, 0.2) is 48.7 Å². The molecule has 0 aliphatic heterocycles. The molecule has 0 bridgehead atoms. The molecule has 3 rings (SSSR count). The van der Waals surface area contributed by atoms with Crippen LogP contribution in [0.3, 0.4) is 0 Å². The zero-order valence-corrected chi connectivity index (χ0v) is 15.3. The van der Waals surface area contributed by atoms with Gasteiger partial charge in [-0.25, -0.2) is 0 Å². The average Bonchev–Trinajstić information content (AvgIpc) is 2.95. The Balaban J connectivity index is 1.87. The lowest BCUT2D eigenvalue weighted by Crippen LogP contribution is -2.15. The molecule has 3 aromatic rings. The topological polar surface area (TPSA) is 41.8 Å². The van der Waals surface area contributed by atoms with E-state index in [0.717, 1.165) is 17.0 Å². The van der Waals surface area contributed by atoms with Gasteiger partial charge in [0.15, 0.2) is 0 Å². The molecule has 2 nitrogen and oxygen atoms in total. The summed E-state index contributed by atoms with van der Waals surface area (Å²) in [6.45, 7) is 7.32. The molecule has 0 aliphatic carbocycles. The van der Waals surface area contributed by atoms with Crippen LogP contribution in [0.4, 0.5) is 0 Å².